The molecule has 0 saturated carbocycles. The molecule has 3 aromatic rings. The molecule has 0 saturated heterocycles. The van der Waals surface area contributed by atoms with Crippen LogP contribution in [0.2, 0.25) is 5.02 Å². The summed E-state index contributed by atoms with van der Waals surface area (Å²) in [7, 11) is 0. The van der Waals surface area contributed by atoms with E-state index in [4.69, 9.17) is 11.6 Å². The third kappa shape index (κ3) is 4.59. The van der Waals surface area contributed by atoms with Crippen LogP contribution in [0, 0.1) is 17.5 Å². The monoisotopic (exact) mass is 396 g/mol. The molecule has 3 rings (SSSR count). The van der Waals surface area contributed by atoms with E-state index in [9.17, 15) is 13.2 Å². The number of benzene rings is 2. The van der Waals surface area contributed by atoms with Crippen molar-refractivity contribution < 1.29 is 13.2 Å². The number of aromatic nitrogens is 2. The van der Waals surface area contributed by atoms with Crippen molar-refractivity contribution >= 4 is 35.1 Å². The van der Waals surface area contributed by atoms with Crippen LogP contribution < -0.4 is 10.0 Å². The topological polar surface area (TPSA) is 49.8 Å². The summed E-state index contributed by atoms with van der Waals surface area (Å²) in [5.74, 6) is -1.51. The highest BCUT2D eigenvalue weighted by Crippen LogP contribution is 2.29. The Morgan fingerprint density at radius 3 is 2.50 bits per heavy atom. The van der Waals surface area contributed by atoms with E-state index in [0.717, 1.165) is 24.1 Å². The predicted molar refractivity (Wildman–Crippen MR) is 96.6 cm³/mol. The van der Waals surface area contributed by atoms with Gasteiger partial charge < -0.3 is 10.0 Å². The molecule has 0 amide bonds. The molecule has 0 aliphatic rings. The van der Waals surface area contributed by atoms with E-state index < -0.39 is 17.5 Å². The molecule has 134 valence electrons. The first-order valence-electron chi connectivity index (χ1n) is 7.38. The summed E-state index contributed by atoms with van der Waals surface area (Å²) in [6, 6.07) is 7.80. The summed E-state index contributed by atoms with van der Waals surface area (Å²) in [6.45, 7) is 0.126. The maximum Gasteiger partial charge on any atom is 0.143 e. The fourth-order valence-electron chi connectivity index (χ4n) is 2.09. The highest BCUT2D eigenvalue weighted by atomic mass is 35.5. The lowest BCUT2D eigenvalue weighted by atomic mass is 10.2. The Bertz CT molecular complexity index is 889. The molecular formula is C17H12ClF3N4S. The second kappa shape index (κ2) is 8.29. The predicted octanol–water partition coefficient (Wildman–Crippen LogP) is 5.28. The van der Waals surface area contributed by atoms with Crippen molar-refractivity contribution in [1.82, 2.24) is 9.97 Å². The van der Waals surface area contributed by atoms with Crippen LogP contribution in [0.1, 0.15) is 5.56 Å². The first-order chi connectivity index (χ1) is 12.5. The highest BCUT2D eigenvalue weighted by Gasteiger charge is 2.13. The standard InChI is InChI=1S/C17H12ClF3N4S/c18-13-2-1-11(19)5-10(13)8-23-12-6-14(20)17(15(21)7-12)26-25-16-3-4-22-9-24-16/h1-7,9,23H,8H2,(H,22,24,25). The van der Waals surface area contributed by atoms with Crippen molar-refractivity contribution in [1.29, 1.82) is 0 Å². The van der Waals surface area contributed by atoms with Gasteiger partial charge in [-0.05, 0) is 53.9 Å². The first kappa shape index (κ1) is 18.3. The Balaban J connectivity index is 1.69. The Morgan fingerprint density at radius 2 is 1.81 bits per heavy atom. The minimum Gasteiger partial charge on any atom is -0.381 e. The number of hydrogen-bond donors (Lipinski definition) is 2. The van der Waals surface area contributed by atoms with Crippen LogP contribution in [-0.4, -0.2) is 9.97 Å². The maximum absolute atomic E-state index is 14.2. The Morgan fingerprint density at radius 1 is 1.04 bits per heavy atom. The molecular weight excluding hydrogens is 385 g/mol. The van der Waals surface area contributed by atoms with Crippen molar-refractivity contribution in [2.45, 2.75) is 11.4 Å². The fraction of sp³-hybridized carbons (Fsp3) is 0.0588. The van der Waals surface area contributed by atoms with E-state index in [0.29, 0.717) is 16.4 Å². The number of nitrogens with one attached hydrogen (secondary N) is 2. The summed E-state index contributed by atoms with van der Waals surface area (Å²) in [4.78, 5) is 7.46. The van der Waals surface area contributed by atoms with Gasteiger partial charge in [-0.3, -0.25) is 0 Å². The molecule has 0 aliphatic carbocycles. The normalized spacial score (nSPS) is 10.6. The second-order valence-corrected chi connectivity index (χ2v) is 6.38. The summed E-state index contributed by atoms with van der Waals surface area (Å²) >= 11 is 6.74. The third-order valence-electron chi connectivity index (χ3n) is 3.33. The van der Waals surface area contributed by atoms with Gasteiger partial charge in [0.1, 0.15) is 34.5 Å². The van der Waals surface area contributed by atoms with E-state index >= 15 is 0 Å². The molecule has 26 heavy (non-hydrogen) atoms. The minimum absolute atomic E-state index is 0.126. The molecule has 2 N–H and O–H groups in total. The average molecular weight is 397 g/mol. The van der Waals surface area contributed by atoms with E-state index in [1.807, 2.05) is 0 Å². The molecule has 1 aromatic heterocycles. The van der Waals surface area contributed by atoms with Crippen LogP contribution in [0.4, 0.5) is 24.7 Å². The lowest BCUT2D eigenvalue weighted by Crippen LogP contribution is -2.03. The smallest absolute Gasteiger partial charge is 0.143 e. The van der Waals surface area contributed by atoms with Crippen molar-refractivity contribution in [3.05, 3.63) is 77.0 Å². The van der Waals surface area contributed by atoms with E-state index in [1.165, 1.54) is 30.7 Å². The highest BCUT2D eigenvalue weighted by molar-refractivity contribution is 8.00. The van der Waals surface area contributed by atoms with Gasteiger partial charge in [0.25, 0.3) is 0 Å². The lowest BCUT2D eigenvalue weighted by molar-refractivity contribution is 0.541. The maximum atomic E-state index is 14.2. The molecule has 9 heteroatoms. The summed E-state index contributed by atoms with van der Waals surface area (Å²) in [5.41, 5.74) is 0.697. The van der Waals surface area contributed by atoms with Gasteiger partial charge in [0, 0.05) is 23.5 Å². The Hall–Kier alpha value is -2.45. The van der Waals surface area contributed by atoms with Gasteiger partial charge in [-0.2, -0.15) is 0 Å². The third-order valence-corrected chi connectivity index (χ3v) is 4.60. The molecule has 0 radical (unpaired) electrons. The Kier molecular flexibility index (Phi) is 5.85. The van der Waals surface area contributed by atoms with Crippen LogP contribution in [0.5, 0.6) is 0 Å². The summed E-state index contributed by atoms with van der Waals surface area (Å²) in [5, 5.41) is 3.19. The van der Waals surface area contributed by atoms with E-state index in [-0.39, 0.29) is 17.1 Å². The van der Waals surface area contributed by atoms with Gasteiger partial charge in [-0.15, -0.1) is 0 Å². The van der Waals surface area contributed by atoms with Gasteiger partial charge in [-0.25, -0.2) is 23.1 Å². The number of halogens is 4. The van der Waals surface area contributed by atoms with Crippen LogP contribution >= 0.6 is 23.5 Å². The fourth-order valence-corrected chi connectivity index (χ4v) is 2.91. The summed E-state index contributed by atoms with van der Waals surface area (Å²) < 4.78 is 44.4. The van der Waals surface area contributed by atoms with Crippen molar-refractivity contribution in [2.24, 2.45) is 0 Å². The second-order valence-electron chi connectivity index (χ2n) is 5.16. The summed E-state index contributed by atoms with van der Waals surface area (Å²) in [6.07, 6.45) is 2.83. The van der Waals surface area contributed by atoms with Crippen LogP contribution in [0.3, 0.4) is 0 Å². The van der Waals surface area contributed by atoms with Gasteiger partial charge in [-0.1, -0.05) is 11.6 Å². The zero-order valence-corrected chi connectivity index (χ0v) is 14.7. The zero-order valence-electron chi connectivity index (χ0n) is 13.1. The SMILES string of the molecule is Fc1ccc(Cl)c(CNc2cc(F)c(SNc3ccncn3)c(F)c2)c1. The van der Waals surface area contributed by atoms with Gasteiger partial charge in [0.15, 0.2) is 0 Å². The van der Waals surface area contributed by atoms with Crippen LogP contribution in [0.15, 0.2) is 53.8 Å². The molecule has 0 fully saturated rings. The lowest BCUT2D eigenvalue weighted by Gasteiger charge is -2.11. The quantitative estimate of drug-likeness (QED) is 0.555. The molecule has 0 atom stereocenters. The molecule has 0 aliphatic heterocycles. The van der Waals surface area contributed by atoms with Crippen molar-refractivity contribution in [3.8, 4) is 0 Å². The number of hydrogen-bond acceptors (Lipinski definition) is 5. The van der Waals surface area contributed by atoms with Gasteiger partial charge in [0.2, 0.25) is 0 Å². The molecule has 0 spiro atoms. The van der Waals surface area contributed by atoms with Crippen molar-refractivity contribution in [2.75, 3.05) is 10.0 Å². The Labute approximate surface area is 157 Å². The average Bonchev–Trinajstić information content (AvgIpc) is 2.62. The van der Waals surface area contributed by atoms with Crippen LogP contribution in [0.25, 0.3) is 0 Å². The van der Waals surface area contributed by atoms with Crippen molar-refractivity contribution in [3.63, 3.8) is 0 Å². The number of anilines is 2. The zero-order chi connectivity index (χ0) is 18.5. The minimum atomic E-state index is -0.746. The molecule has 0 bridgehead atoms. The molecule has 4 nitrogen and oxygen atoms in total. The van der Waals surface area contributed by atoms with E-state index in [2.05, 4.69) is 20.0 Å². The van der Waals surface area contributed by atoms with E-state index in [1.54, 1.807) is 6.07 Å². The first-order valence-corrected chi connectivity index (χ1v) is 8.58. The van der Waals surface area contributed by atoms with Gasteiger partial charge in [0.05, 0.1) is 0 Å². The molecule has 1 heterocycles. The number of rotatable bonds is 6. The van der Waals surface area contributed by atoms with Gasteiger partial charge >= 0.3 is 0 Å². The van der Waals surface area contributed by atoms with Crippen LogP contribution in [-0.2, 0) is 6.54 Å². The molecule has 0 unspecified atom stereocenters. The largest absolute Gasteiger partial charge is 0.381 e. The molecule has 2 aromatic carbocycles. The number of nitrogens with zero attached hydrogens (tertiary/aromatic N) is 2.